The van der Waals surface area contributed by atoms with Gasteiger partial charge in [-0.3, -0.25) is 0 Å². The van der Waals surface area contributed by atoms with Crippen molar-refractivity contribution in [3.05, 3.63) is 66.3 Å². The van der Waals surface area contributed by atoms with Gasteiger partial charge >= 0.3 is 0 Å². The molecule has 3 aromatic rings. The minimum Gasteiger partial charge on any atom is -0.329 e. The van der Waals surface area contributed by atoms with E-state index in [-0.39, 0.29) is 0 Å². The molecule has 0 fully saturated rings. The van der Waals surface area contributed by atoms with Crippen LogP contribution in [0.4, 0.5) is 0 Å². The van der Waals surface area contributed by atoms with Gasteiger partial charge in [-0.2, -0.15) is 5.10 Å². The molecule has 6 nitrogen and oxygen atoms in total. The number of nitrogens with zero attached hydrogens (tertiary/aromatic N) is 5. The molecule has 1 atom stereocenters. The Bertz CT molecular complexity index is 760. The van der Waals surface area contributed by atoms with Crippen LogP contribution in [-0.4, -0.2) is 30.4 Å². The van der Waals surface area contributed by atoms with E-state index >= 15 is 0 Å². The van der Waals surface area contributed by atoms with Gasteiger partial charge in [0.15, 0.2) is 0 Å². The van der Waals surface area contributed by atoms with Crippen LogP contribution in [0.1, 0.15) is 23.6 Å². The van der Waals surface area contributed by atoms with Crippen molar-refractivity contribution >= 4 is 0 Å². The minimum absolute atomic E-state index is 0.422. The highest BCUT2D eigenvalue weighted by Crippen LogP contribution is 2.12. The fourth-order valence-corrected chi connectivity index (χ4v) is 3.07. The molecule has 4 rings (SSSR count). The monoisotopic (exact) mass is 308 g/mol. The fraction of sp³-hybridized carbons (Fsp3) is 0.353. The first-order valence-electron chi connectivity index (χ1n) is 8.02. The van der Waals surface area contributed by atoms with Crippen LogP contribution in [0.5, 0.6) is 0 Å². The zero-order chi connectivity index (χ0) is 15.5. The maximum atomic E-state index is 4.50. The van der Waals surface area contributed by atoms with Gasteiger partial charge in [0.1, 0.15) is 18.0 Å². The molecular formula is C17H20N6. The highest BCUT2D eigenvalue weighted by atomic mass is 15.3. The minimum atomic E-state index is 0.422. The second-order valence-electron chi connectivity index (χ2n) is 5.93. The molecule has 1 aromatic carbocycles. The number of aryl methyl sites for hydroxylation is 1. The van der Waals surface area contributed by atoms with Crippen molar-refractivity contribution in [3.8, 4) is 0 Å². The zero-order valence-electron chi connectivity index (χ0n) is 13.0. The first kappa shape index (κ1) is 14.1. The Kier molecular flexibility index (Phi) is 3.90. The summed E-state index contributed by atoms with van der Waals surface area (Å²) in [5, 5.41) is 7.88. The lowest BCUT2D eigenvalue weighted by atomic mass is 10.1. The summed E-state index contributed by atoms with van der Waals surface area (Å²) in [6.07, 6.45) is 7.63. The highest BCUT2D eigenvalue weighted by Gasteiger charge is 2.19. The molecule has 2 aromatic heterocycles. The third-order valence-electron chi connectivity index (χ3n) is 4.35. The maximum Gasteiger partial charge on any atom is 0.138 e. The Morgan fingerprint density at radius 2 is 2.09 bits per heavy atom. The lowest BCUT2D eigenvalue weighted by Crippen LogP contribution is -2.38. The van der Waals surface area contributed by atoms with Gasteiger partial charge in [-0.05, 0) is 12.0 Å². The van der Waals surface area contributed by atoms with E-state index in [4.69, 9.17) is 0 Å². The molecule has 1 aliphatic rings. The van der Waals surface area contributed by atoms with Crippen LogP contribution < -0.4 is 5.32 Å². The molecule has 0 amide bonds. The van der Waals surface area contributed by atoms with Crippen LogP contribution in [-0.2, 0) is 26.1 Å². The van der Waals surface area contributed by atoms with E-state index in [2.05, 4.69) is 49.2 Å². The highest BCUT2D eigenvalue weighted by molar-refractivity contribution is 5.15. The molecule has 1 unspecified atom stereocenters. The SMILES string of the molecule is c1ccc(Cn2ccnc2CNC2CCc3ncnn3C2)cc1. The standard InChI is InChI=1S/C17H20N6/c1-2-4-14(5-3-1)11-22-9-8-18-17(22)10-19-15-6-7-16-20-13-21-23(16)12-15/h1-5,8-9,13,15,19H,6-7,10-12H2. The number of fused-ring (bicyclic) bond motifs is 1. The zero-order valence-corrected chi connectivity index (χ0v) is 13.0. The first-order chi connectivity index (χ1) is 11.4. The summed E-state index contributed by atoms with van der Waals surface area (Å²) in [5.74, 6) is 2.16. The summed E-state index contributed by atoms with van der Waals surface area (Å²) >= 11 is 0. The van der Waals surface area contributed by atoms with E-state index in [1.165, 1.54) is 5.56 Å². The summed E-state index contributed by atoms with van der Waals surface area (Å²) in [6, 6.07) is 10.9. The molecule has 3 heterocycles. The quantitative estimate of drug-likeness (QED) is 0.778. The smallest absolute Gasteiger partial charge is 0.138 e. The third kappa shape index (κ3) is 3.17. The number of benzene rings is 1. The van der Waals surface area contributed by atoms with Gasteiger partial charge in [-0.1, -0.05) is 30.3 Å². The topological polar surface area (TPSA) is 60.6 Å². The van der Waals surface area contributed by atoms with Crippen molar-refractivity contribution in [2.45, 2.75) is 38.5 Å². The Hall–Kier alpha value is -2.47. The van der Waals surface area contributed by atoms with Crippen LogP contribution in [0.15, 0.2) is 49.1 Å². The molecule has 0 radical (unpaired) electrons. The lowest BCUT2D eigenvalue weighted by molar-refractivity contribution is 0.353. The molecule has 118 valence electrons. The van der Waals surface area contributed by atoms with E-state index in [1.54, 1.807) is 6.33 Å². The van der Waals surface area contributed by atoms with E-state index in [0.29, 0.717) is 6.04 Å². The molecule has 1 N–H and O–H groups in total. The number of rotatable bonds is 5. The molecule has 0 bridgehead atoms. The molecule has 1 aliphatic heterocycles. The largest absolute Gasteiger partial charge is 0.329 e. The van der Waals surface area contributed by atoms with Crippen LogP contribution in [0, 0.1) is 0 Å². The molecule has 0 saturated carbocycles. The van der Waals surface area contributed by atoms with Crippen LogP contribution in [0.2, 0.25) is 0 Å². The number of imidazole rings is 1. The maximum absolute atomic E-state index is 4.50. The van der Waals surface area contributed by atoms with Crippen molar-refractivity contribution < 1.29 is 0 Å². The predicted molar refractivity (Wildman–Crippen MR) is 86.7 cm³/mol. The Labute approximate surface area is 135 Å². The molecule has 0 spiro atoms. The van der Waals surface area contributed by atoms with Crippen LogP contribution in [0.25, 0.3) is 0 Å². The number of hydrogen-bond acceptors (Lipinski definition) is 4. The van der Waals surface area contributed by atoms with Gasteiger partial charge < -0.3 is 9.88 Å². The number of hydrogen-bond donors (Lipinski definition) is 1. The average molecular weight is 308 g/mol. The third-order valence-corrected chi connectivity index (χ3v) is 4.35. The second kappa shape index (κ2) is 6.34. The van der Waals surface area contributed by atoms with Crippen molar-refractivity contribution in [2.75, 3.05) is 0 Å². The van der Waals surface area contributed by atoms with Gasteiger partial charge in [-0.15, -0.1) is 0 Å². The van der Waals surface area contributed by atoms with Gasteiger partial charge in [0, 0.05) is 31.4 Å². The Morgan fingerprint density at radius 1 is 1.17 bits per heavy atom. The van der Waals surface area contributed by atoms with Crippen molar-refractivity contribution in [1.29, 1.82) is 0 Å². The van der Waals surface area contributed by atoms with E-state index < -0.39 is 0 Å². The first-order valence-corrected chi connectivity index (χ1v) is 8.02. The van der Waals surface area contributed by atoms with E-state index in [9.17, 15) is 0 Å². The average Bonchev–Trinajstić information content (AvgIpc) is 3.22. The Morgan fingerprint density at radius 3 is 3.00 bits per heavy atom. The van der Waals surface area contributed by atoms with Crippen LogP contribution >= 0.6 is 0 Å². The summed E-state index contributed by atoms with van der Waals surface area (Å²) < 4.78 is 4.20. The Balaban J connectivity index is 1.38. The molecule has 0 saturated heterocycles. The summed E-state index contributed by atoms with van der Waals surface area (Å²) in [5.41, 5.74) is 1.29. The van der Waals surface area contributed by atoms with E-state index in [0.717, 1.165) is 44.1 Å². The molecule has 23 heavy (non-hydrogen) atoms. The lowest BCUT2D eigenvalue weighted by Gasteiger charge is -2.23. The normalized spacial score (nSPS) is 17.1. The van der Waals surface area contributed by atoms with Crippen molar-refractivity contribution in [2.24, 2.45) is 0 Å². The van der Waals surface area contributed by atoms with Gasteiger partial charge in [0.25, 0.3) is 0 Å². The van der Waals surface area contributed by atoms with Crippen molar-refractivity contribution in [3.63, 3.8) is 0 Å². The molecule has 6 heteroatoms. The van der Waals surface area contributed by atoms with E-state index in [1.807, 2.05) is 23.1 Å². The second-order valence-corrected chi connectivity index (χ2v) is 5.93. The van der Waals surface area contributed by atoms with Gasteiger partial charge in [0.05, 0.1) is 13.1 Å². The fourth-order valence-electron chi connectivity index (χ4n) is 3.07. The molecular weight excluding hydrogens is 288 g/mol. The summed E-state index contributed by atoms with van der Waals surface area (Å²) in [6.45, 7) is 2.51. The molecule has 0 aliphatic carbocycles. The predicted octanol–water partition coefficient (Wildman–Crippen LogP) is 1.63. The van der Waals surface area contributed by atoms with Gasteiger partial charge in [-0.25, -0.2) is 14.6 Å². The van der Waals surface area contributed by atoms with Crippen LogP contribution in [0.3, 0.4) is 0 Å². The van der Waals surface area contributed by atoms with Gasteiger partial charge in [0.2, 0.25) is 0 Å². The van der Waals surface area contributed by atoms with Crippen molar-refractivity contribution in [1.82, 2.24) is 29.6 Å². The summed E-state index contributed by atoms with van der Waals surface area (Å²) in [7, 11) is 0. The number of nitrogens with one attached hydrogen (secondary N) is 1. The summed E-state index contributed by atoms with van der Waals surface area (Å²) in [4.78, 5) is 8.77. The number of aromatic nitrogens is 5.